The Labute approximate surface area is 101 Å². The van der Waals surface area contributed by atoms with Gasteiger partial charge >= 0.3 is 0 Å². The third-order valence-electron chi connectivity index (χ3n) is 2.72. The zero-order valence-corrected chi connectivity index (χ0v) is 10.8. The number of nitrogens with one attached hydrogen (secondary N) is 3. The van der Waals surface area contributed by atoms with E-state index in [0.29, 0.717) is 13.0 Å². The Kier molecular flexibility index (Phi) is 5.31. The maximum absolute atomic E-state index is 11.6. The molecule has 0 bridgehead atoms. The average molecular weight is 265 g/mol. The second kappa shape index (κ2) is 6.29. The first-order chi connectivity index (χ1) is 7.98. The highest BCUT2D eigenvalue weighted by Crippen LogP contribution is 2.09. The van der Waals surface area contributed by atoms with Crippen molar-refractivity contribution in [3.05, 3.63) is 0 Å². The molecule has 0 aromatic heterocycles. The summed E-state index contributed by atoms with van der Waals surface area (Å²) in [6.07, 6.45) is 0.660. The summed E-state index contributed by atoms with van der Waals surface area (Å²) >= 11 is 0. The molecule has 17 heavy (non-hydrogen) atoms. The number of ether oxygens (including phenoxy) is 1. The lowest BCUT2D eigenvalue weighted by atomic mass is 10.2. The highest BCUT2D eigenvalue weighted by Gasteiger charge is 2.29. The Bertz CT molecular complexity index is 357. The Morgan fingerprint density at radius 2 is 2.24 bits per heavy atom. The Hall–Kier alpha value is -0.700. The van der Waals surface area contributed by atoms with E-state index in [9.17, 15) is 13.2 Å². The van der Waals surface area contributed by atoms with Crippen LogP contribution in [0.15, 0.2) is 0 Å². The quantitative estimate of drug-likeness (QED) is 0.517. The third-order valence-corrected chi connectivity index (χ3v) is 4.08. The number of sulfonamides is 1. The summed E-state index contributed by atoms with van der Waals surface area (Å²) in [5.74, 6) is -0.300. The first kappa shape index (κ1) is 14.4. The number of methoxy groups -OCH3 is 1. The minimum atomic E-state index is -3.26. The van der Waals surface area contributed by atoms with Crippen LogP contribution in [-0.4, -0.2) is 59.5 Å². The molecule has 1 heterocycles. The van der Waals surface area contributed by atoms with Crippen molar-refractivity contribution in [3.8, 4) is 0 Å². The molecular weight excluding hydrogens is 246 g/mol. The van der Waals surface area contributed by atoms with Gasteiger partial charge in [-0.2, -0.15) is 0 Å². The molecule has 1 aliphatic rings. The van der Waals surface area contributed by atoms with Crippen LogP contribution < -0.4 is 15.4 Å². The molecule has 100 valence electrons. The number of rotatable bonds is 6. The predicted molar refractivity (Wildman–Crippen MR) is 63.1 cm³/mol. The van der Waals surface area contributed by atoms with Crippen LogP contribution in [0.2, 0.25) is 0 Å². The molecule has 1 fully saturated rings. The van der Waals surface area contributed by atoms with E-state index in [-0.39, 0.29) is 30.4 Å². The van der Waals surface area contributed by atoms with Crippen molar-refractivity contribution in [1.29, 1.82) is 0 Å². The summed E-state index contributed by atoms with van der Waals surface area (Å²) in [4.78, 5) is 11.6. The molecule has 7 nitrogen and oxygen atoms in total. The van der Waals surface area contributed by atoms with Gasteiger partial charge in [0.1, 0.15) is 0 Å². The molecule has 0 aromatic carbocycles. The predicted octanol–water partition coefficient (Wildman–Crippen LogP) is -1.97. The monoisotopic (exact) mass is 265 g/mol. The summed E-state index contributed by atoms with van der Waals surface area (Å²) in [7, 11) is -0.315. The maximum Gasteiger partial charge on any atom is 0.237 e. The van der Waals surface area contributed by atoms with Gasteiger partial charge in [0.25, 0.3) is 0 Å². The molecule has 2 unspecified atom stereocenters. The molecule has 1 saturated heterocycles. The van der Waals surface area contributed by atoms with E-state index in [4.69, 9.17) is 4.74 Å². The van der Waals surface area contributed by atoms with Gasteiger partial charge in [0, 0.05) is 20.2 Å². The van der Waals surface area contributed by atoms with E-state index in [0.717, 1.165) is 0 Å². The second-order valence-electron chi connectivity index (χ2n) is 3.87. The maximum atomic E-state index is 11.6. The van der Waals surface area contributed by atoms with Crippen molar-refractivity contribution < 1.29 is 17.9 Å². The normalized spacial score (nSPS) is 24.8. The minimum Gasteiger partial charge on any atom is -0.380 e. The van der Waals surface area contributed by atoms with Gasteiger partial charge in [-0.3, -0.25) is 4.79 Å². The van der Waals surface area contributed by atoms with Gasteiger partial charge in [-0.1, -0.05) is 0 Å². The van der Waals surface area contributed by atoms with Gasteiger partial charge in [-0.25, -0.2) is 13.1 Å². The summed E-state index contributed by atoms with van der Waals surface area (Å²) in [5, 5.41) is 5.60. The van der Waals surface area contributed by atoms with Crippen LogP contribution in [0, 0.1) is 0 Å². The van der Waals surface area contributed by atoms with Crippen molar-refractivity contribution in [2.24, 2.45) is 0 Å². The number of carbonyl (C=O) groups is 1. The molecule has 0 spiro atoms. The average Bonchev–Trinajstić information content (AvgIpc) is 2.77. The lowest BCUT2D eigenvalue weighted by Gasteiger charge is -2.11. The van der Waals surface area contributed by atoms with Crippen LogP contribution in [0.5, 0.6) is 0 Å². The zero-order chi connectivity index (χ0) is 12.9. The molecule has 0 aromatic rings. The standard InChI is InChI=1S/C9H19N3O4S/c1-10-17(14,15)4-3-11-9(13)8-5-7(16-2)6-12-8/h7-8,10,12H,3-6H2,1-2H3,(H,11,13). The van der Waals surface area contributed by atoms with E-state index >= 15 is 0 Å². The smallest absolute Gasteiger partial charge is 0.237 e. The summed E-state index contributed by atoms with van der Waals surface area (Å²) in [6.45, 7) is 0.751. The molecule has 8 heteroatoms. The lowest BCUT2D eigenvalue weighted by molar-refractivity contribution is -0.122. The van der Waals surface area contributed by atoms with E-state index in [1.807, 2.05) is 0 Å². The van der Waals surface area contributed by atoms with Crippen molar-refractivity contribution in [1.82, 2.24) is 15.4 Å². The molecule has 0 saturated carbocycles. The van der Waals surface area contributed by atoms with Crippen LogP contribution in [-0.2, 0) is 19.6 Å². The van der Waals surface area contributed by atoms with Gasteiger partial charge in [0.15, 0.2) is 0 Å². The lowest BCUT2D eigenvalue weighted by Crippen LogP contribution is -2.42. The van der Waals surface area contributed by atoms with Gasteiger partial charge in [0.2, 0.25) is 15.9 Å². The third kappa shape index (κ3) is 4.58. The van der Waals surface area contributed by atoms with Gasteiger partial charge in [0.05, 0.1) is 17.9 Å². The van der Waals surface area contributed by atoms with Gasteiger partial charge < -0.3 is 15.4 Å². The fraction of sp³-hybridized carbons (Fsp3) is 0.889. The molecule has 1 aliphatic heterocycles. The molecular formula is C9H19N3O4S. The summed E-state index contributed by atoms with van der Waals surface area (Å²) in [6, 6.07) is -0.294. The fourth-order valence-electron chi connectivity index (χ4n) is 1.62. The van der Waals surface area contributed by atoms with Gasteiger partial charge in [-0.05, 0) is 13.5 Å². The number of hydrogen-bond donors (Lipinski definition) is 3. The molecule has 0 radical (unpaired) electrons. The minimum absolute atomic E-state index is 0.0480. The topological polar surface area (TPSA) is 96.5 Å². The molecule has 1 rings (SSSR count). The van der Waals surface area contributed by atoms with Crippen molar-refractivity contribution in [2.45, 2.75) is 18.6 Å². The van der Waals surface area contributed by atoms with Gasteiger partial charge in [-0.15, -0.1) is 0 Å². The SMILES string of the molecule is CNS(=O)(=O)CCNC(=O)C1CC(OC)CN1. The Morgan fingerprint density at radius 1 is 1.53 bits per heavy atom. The molecule has 3 N–H and O–H groups in total. The number of hydrogen-bond acceptors (Lipinski definition) is 5. The Morgan fingerprint density at radius 3 is 2.76 bits per heavy atom. The van der Waals surface area contributed by atoms with E-state index in [1.54, 1.807) is 7.11 Å². The van der Waals surface area contributed by atoms with Crippen LogP contribution in [0.3, 0.4) is 0 Å². The van der Waals surface area contributed by atoms with Crippen molar-refractivity contribution >= 4 is 15.9 Å². The number of carbonyl (C=O) groups excluding carboxylic acids is 1. The van der Waals surface area contributed by atoms with E-state index in [2.05, 4.69) is 15.4 Å². The largest absolute Gasteiger partial charge is 0.380 e. The highest BCUT2D eigenvalue weighted by molar-refractivity contribution is 7.89. The zero-order valence-electron chi connectivity index (χ0n) is 10.0. The van der Waals surface area contributed by atoms with E-state index in [1.165, 1.54) is 7.05 Å². The van der Waals surface area contributed by atoms with Crippen LogP contribution in [0.25, 0.3) is 0 Å². The highest BCUT2D eigenvalue weighted by atomic mass is 32.2. The summed E-state index contributed by atoms with van der Waals surface area (Å²) in [5.41, 5.74) is 0. The second-order valence-corrected chi connectivity index (χ2v) is 5.91. The first-order valence-electron chi connectivity index (χ1n) is 5.43. The Balaban J connectivity index is 2.27. The summed E-state index contributed by atoms with van der Waals surface area (Å²) < 4.78 is 29.5. The van der Waals surface area contributed by atoms with Crippen LogP contribution in [0.4, 0.5) is 0 Å². The van der Waals surface area contributed by atoms with Crippen molar-refractivity contribution in [3.63, 3.8) is 0 Å². The molecule has 2 atom stereocenters. The van der Waals surface area contributed by atoms with Crippen LogP contribution >= 0.6 is 0 Å². The fourth-order valence-corrected chi connectivity index (χ4v) is 2.19. The van der Waals surface area contributed by atoms with E-state index < -0.39 is 10.0 Å². The molecule has 1 amide bonds. The van der Waals surface area contributed by atoms with Crippen molar-refractivity contribution in [2.75, 3.05) is 33.0 Å². The number of amides is 1. The molecule has 0 aliphatic carbocycles. The van der Waals surface area contributed by atoms with Crippen LogP contribution in [0.1, 0.15) is 6.42 Å². The first-order valence-corrected chi connectivity index (χ1v) is 7.09.